The molecule has 3 aliphatic heterocycles. The van der Waals surface area contributed by atoms with E-state index in [2.05, 4.69) is 19.9 Å². The van der Waals surface area contributed by atoms with E-state index in [4.69, 9.17) is 4.52 Å². The molecule has 0 N–H and O–H groups in total. The fourth-order valence-corrected chi connectivity index (χ4v) is 4.57. The number of hydrogen-bond acceptors (Lipinski definition) is 5. The predicted molar refractivity (Wildman–Crippen MR) is 74.7 cm³/mol. The Morgan fingerprint density at radius 2 is 2.00 bits per heavy atom. The second-order valence-corrected chi connectivity index (χ2v) is 7.10. The second-order valence-electron chi connectivity index (χ2n) is 7.10. The number of nitrogens with zero attached hydrogens (tertiary/aromatic N) is 4. The van der Waals surface area contributed by atoms with Gasteiger partial charge in [0.2, 0.25) is 0 Å². The minimum atomic E-state index is 0.587. The summed E-state index contributed by atoms with van der Waals surface area (Å²) in [7, 11) is 0. The van der Waals surface area contributed by atoms with Crippen molar-refractivity contribution in [2.45, 2.75) is 44.1 Å². The van der Waals surface area contributed by atoms with E-state index in [0.717, 1.165) is 42.8 Å². The minimum Gasteiger partial charge on any atom is -0.324 e. The van der Waals surface area contributed by atoms with Gasteiger partial charge in [0.25, 0.3) is 0 Å². The van der Waals surface area contributed by atoms with E-state index in [1.54, 1.807) is 0 Å². The van der Waals surface area contributed by atoms with Crippen LogP contribution in [0.1, 0.15) is 43.8 Å². The molecule has 108 valence electrons. The van der Waals surface area contributed by atoms with Crippen molar-refractivity contribution in [1.29, 1.82) is 0 Å². The van der Waals surface area contributed by atoms with Gasteiger partial charge in [0.05, 0.1) is 0 Å². The zero-order chi connectivity index (χ0) is 13.1. The molecule has 0 amide bonds. The van der Waals surface area contributed by atoms with E-state index >= 15 is 0 Å². The van der Waals surface area contributed by atoms with E-state index in [1.807, 2.05) is 0 Å². The maximum atomic E-state index is 5.50. The van der Waals surface area contributed by atoms with Crippen LogP contribution in [0.2, 0.25) is 0 Å². The molecular weight excluding hydrogens is 252 g/mol. The third-order valence-corrected chi connectivity index (χ3v) is 5.76. The van der Waals surface area contributed by atoms with Crippen LogP contribution in [0.4, 0.5) is 6.01 Å². The molecule has 20 heavy (non-hydrogen) atoms. The van der Waals surface area contributed by atoms with Crippen LogP contribution in [0, 0.1) is 11.8 Å². The smallest absolute Gasteiger partial charge is 0.324 e. The molecule has 5 nitrogen and oxygen atoms in total. The van der Waals surface area contributed by atoms with Crippen molar-refractivity contribution in [3.8, 4) is 0 Å². The van der Waals surface area contributed by atoms with E-state index in [0.29, 0.717) is 5.92 Å². The number of anilines is 1. The van der Waals surface area contributed by atoms with Crippen LogP contribution in [0.5, 0.6) is 0 Å². The molecule has 3 atom stereocenters. The van der Waals surface area contributed by atoms with Crippen molar-refractivity contribution >= 4 is 6.01 Å². The van der Waals surface area contributed by atoms with Crippen molar-refractivity contribution < 1.29 is 4.52 Å². The van der Waals surface area contributed by atoms with Crippen molar-refractivity contribution in [3.05, 3.63) is 5.82 Å². The fourth-order valence-electron chi connectivity index (χ4n) is 4.57. The highest BCUT2D eigenvalue weighted by Gasteiger charge is 2.48. The minimum absolute atomic E-state index is 0.587. The third kappa shape index (κ3) is 1.72. The van der Waals surface area contributed by atoms with Crippen LogP contribution < -0.4 is 4.90 Å². The third-order valence-electron chi connectivity index (χ3n) is 5.76. The van der Waals surface area contributed by atoms with Crippen LogP contribution in [0.25, 0.3) is 0 Å². The molecule has 0 spiro atoms. The molecular formula is C15H22N4O. The van der Waals surface area contributed by atoms with Gasteiger partial charge in [-0.2, -0.15) is 4.98 Å². The van der Waals surface area contributed by atoms with Crippen molar-refractivity contribution in [1.82, 2.24) is 15.0 Å². The van der Waals surface area contributed by atoms with E-state index in [-0.39, 0.29) is 0 Å². The molecule has 4 heterocycles. The quantitative estimate of drug-likeness (QED) is 0.824. The number of aromatic nitrogens is 2. The summed E-state index contributed by atoms with van der Waals surface area (Å²) in [6, 6.07) is 1.60. The highest BCUT2D eigenvalue weighted by atomic mass is 16.5. The Morgan fingerprint density at radius 3 is 2.90 bits per heavy atom. The van der Waals surface area contributed by atoms with Crippen molar-refractivity contribution in [2.75, 3.05) is 31.1 Å². The van der Waals surface area contributed by atoms with E-state index in [9.17, 15) is 0 Å². The predicted octanol–water partition coefficient (Wildman–Crippen LogP) is 1.87. The summed E-state index contributed by atoms with van der Waals surface area (Å²) in [5.41, 5.74) is 0. The first kappa shape index (κ1) is 11.5. The largest absolute Gasteiger partial charge is 0.324 e. The summed E-state index contributed by atoms with van der Waals surface area (Å²) in [5, 5.41) is 4.16. The number of rotatable bonds is 2. The van der Waals surface area contributed by atoms with Gasteiger partial charge in [0, 0.05) is 31.6 Å². The molecule has 1 aromatic rings. The first-order chi connectivity index (χ1) is 9.88. The molecule has 3 saturated heterocycles. The zero-order valence-corrected chi connectivity index (χ0v) is 11.9. The summed E-state index contributed by atoms with van der Waals surface area (Å²) in [5.74, 6) is 3.17. The molecule has 0 radical (unpaired) electrons. The average Bonchev–Trinajstić information content (AvgIpc) is 2.93. The van der Waals surface area contributed by atoms with Crippen LogP contribution in [-0.2, 0) is 0 Å². The summed E-state index contributed by atoms with van der Waals surface area (Å²) in [6.07, 6.45) is 6.68. The highest BCUT2D eigenvalue weighted by molar-refractivity contribution is 5.30. The molecule has 5 rings (SSSR count). The molecule has 0 aromatic carbocycles. The topological polar surface area (TPSA) is 45.4 Å². The molecule has 0 bridgehead atoms. The fraction of sp³-hybridized carbons (Fsp3) is 0.867. The molecule has 4 fully saturated rings. The van der Waals surface area contributed by atoms with Gasteiger partial charge < -0.3 is 9.42 Å². The summed E-state index contributed by atoms with van der Waals surface area (Å²) in [4.78, 5) is 9.70. The molecule has 1 saturated carbocycles. The lowest BCUT2D eigenvalue weighted by Gasteiger charge is -2.32. The SMILES string of the molecule is C1CCN2C[C@@H]3CN(c4nc(C5CC5)no4)C[C@H]3[C@@H]2C1. The maximum Gasteiger partial charge on any atom is 0.324 e. The molecule has 1 aliphatic carbocycles. The zero-order valence-electron chi connectivity index (χ0n) is 11.9. The molecule has 0 unspecified atom stereocenters. The lowest BCUT2D eigenvalue weighted by Crippen LogP contribution is -2.39. The summed E-state index contributed by atoms with van der Waals surface area (Å²) >= 11 is 0. The Balaban J connectivity index is 1.33. The molecule has 5 heteroatoms. The average molecular weight is 274 g/mol. The van der Waals surface area contributed by atoms with Gasteiger partial charge in [-0.1, -0.05) is 11.6 Å². The van der Waals surface area contributed by atoms with E-state index in [1.165, 1.54) is 45.2 Å². The standard InChI is InChI=1S/C15H22N4O/c1-2-6-18-7-11-8-19(9-12(11)13(18)3-1)15-16-14(17-20-15)10-4-5-10/h10-13H,1-9H2/t11-,12-,13+/m1/s1. The van der Waals surface area contributed by atoms with Crippen LogP contribution in [0.15, 0.2) is 4.52 Å². The number of fused-ring (bicyclic) bond motifs is 3. The van der Waals surface area contributed by atoms with Crippen LogP contribution in [-0.4, -0.2) is 47.3 Å². The Labute approximate surface area is 119 Å². The van der Waals surface area contributed by atoms with Crippen molar-refractivity contribution in [2.24, 2.45) is 11.8 Å². The Hall–Kier alpha value is -1.10. The normalized spacial score (nSPS) is 37.2. The van der Waals surface area contributed by atoms with Gasteiger partial charge in [-0.15, -0.1) is 0 Å². The Morgan fingerprint density at radius 1 is 1.05 bits per heavy atom. The maximum absolute atomic E-state index is 5.50. The van der Waals surface area contributed by atoms with Gasteiger partial charge in [-0.05, 0) is 44.1 Å². The number of piperidine rings is 1. The molecule has 1 aromatic heterocycles. The lowest BCUT2D eigenvalue weighted by molar-refractivity contribution is 0.173. The summed E-state index contributed by atoms with van der Waals surface area (Å²) < 4.78 is 5.50. The Bertz CT molecular complexity index is 512. The van der Waals surface area contributed by atoms with Crippen molar-refractivity contribution in [3.63, 3.8) is 0 Å². The Kier molecular flexibility index (Phi) is 2.42. The highest BCUT2D eigenvalue weighted by Crippen LogP contribution is 2.42. The van der Waals surface area contributed by atoms with Crippen LogP contribution >= 0.6 is 0 Å². The monoisotopic (exact) mass is 274 g/mol. The first-order valence-corrected chi connectivity index (χ1v) is 8.21. The van der Waals surface area contributed by atoms with Gasteiger partial charge in [-0.25, -0.2) is 0 Å². The number of hydrogen-bond donors (Lipinski definition) is 0. The first-order valence-electron chi connectivity index (χ1n) is 8.21. The van der Waals surface area contributed by atoms with Gasteiger partial charge >= 0.3 is 6.01 Å². The van der Waals surface area contributed by atoms with Gasteiger partial charge in [0.1, 0.15) is 0 Å². The lowest BCUT2D eigenvalue weighted by atomic mass is 9.90. The van der Waals surface area contributed by atoms with Crippen LogP contribution in [0.3, 0.4) is 0 Å². The summed E-state index contributed by atoms with van der Waals surface area (Å²) in [6.45, 7) is 4.85. The van der Waals surface area contributed by atoms with E-state index < -0.39 is 0 Å². The van der Waals surface area contributed by atoms with Gasteiger partial charge in [-0.3, -0.25) is 4.90 Å². The van der Waals surface area contributed by atoms with Gasteiger partial charge in [0.15, 0.2) is 5.82 Å². The molecule has 4 aliphatic rings. The second kappa shape index (κ2) is 4.20.